The zero-order chi connectivity index (χ0) is 23.3. The van der Waals surface area contributed by atoms with Gasteiger partial charge in [-0.05, 0) is 6.92 Å². The van der Waals surface area contributed by atoms with Crippen LogP contribution in [0.5, 0.6) is 0 Å². The van der Waals surface area contributed by atoms with E-state index in [1.54, 1.807) is 6.92 Å². The Morgan fingerprint density at radius 1 is 0.800 bits per heavy atom. The van der Waals surface area contributed by atoms with E-state index in [0.717, 1.165) is 6.08 Å². The molecule has 0 aliphatic carbocycles. The first-order chi connectivity index (χ1) is 14.5. The Hall–Kier alpha value is -1.30. The highest BCUT2D eigenvalue weighted by atomic mass is 28.1. The number of carbonyl (C=O) groups excluding carboxylic acids is 1. The fourth-order valence-electron chi connectivity index (χ4n) is 2.94. The molecule has 0 unspecified atom stereocenters. The average Bonchev–Trinajstić information content (AvgIpc) is 2.71. The van der Waals surface area contributed by atoms with E-state index in [4.69, 9.17) is 5.11 Å². The van der Waals surface area contributed by atoms with Crippen LogP contribution in [0.1, 0.15) is 117 Å². The van der Waals surface area contributed by atoms with Crippen LogP contribution >= 0.6 is 0 Å². The van der Waals surface area contributed by atoms with Crippen molar-refractivity contribution in [1.82, 2.24) is 0 Å². The molecule has 0 aromatic carbocycles. The van der Waals surface area contributed by atoms with Gasteiger partial charge in [0.15, 0.2) is 0 Å². The summed E-state index contributed by atoms with van der Waals surface area (Å²) < 4.78 is 4.18. The van der Waals surface area contributed by atoms with Crippen molar-refractivity contribution in [2.24, 2.45) is 5.73 Å². The molecule has 0 saturated heterocycles. The summed E-state index contributed by atoms with van der Waals surface area (Å²) in [5, 5.41) is 7.60. The molecule has 0 aromatic heterocycles. The number of nitrogens with two attached hydrogens (primary N) is 1. The molecule has 0 aliphatic rings. The molecule has 6 heteroatoms. The molecule has 0 atom stereocenters. The van der Waals surface area contributed by atoms with Crippen molar-refractivity contribution >= 4 is 22.3 Å². The van der Waals surface area contributed by atoms with E-state index < -0.39 is 12.1 Å². The number of hydrogen-bond acceptors (Lipinski definition) is 3. The predicted octanol–water partition coefficient (Wildman–Crippen LogP) is 6.39. The topological polar surface area (TPSA) is 89.6 Å². The van der Waals surface area contributed by atoms with Gasteiger partial charge in [0.2, 0.25) is 0 Å². The Morgan fingerprint density at radius 2 is 1.10 bits per heavy atom. The first-order valence-corrected chi connectivity index (χ1v) is 13.6. The smallest absolute Gasteiger partial charge is 0.404 e. The normalized spacial score (nSPS) is 9.67. The zero-order valence-corrected chi connectivity index (χ0v) is 22.3. The highest BCUT2D eigenvalue weighted by Crippen LogP contribution is 2.13. The van der Waals surface area contributed by atoms with Crippen LogP contribution in [0.3, 0.4) is 0 Å². The Morgan fingerprint density at radius 3 is 1.27 bits per heavy atom. The van der Waals surface area contributed by atoms with E-state index in [2.05, 4.69) is 24.0 Å². The van der Waals surface area contributed by atoms with Crippen molar-refractivity contribution in [3.63, 3.8) is 0 Å². The standard InChI is InChI=1S/C18H40Si.C3H7NO2.C3H4O2/c1-2-3-4-5-6-7-8-9-10-11-12-13-14-15-16-17-18-19;1-2-6-3(4)5;1-2-3(4)5/h2-18H2,1,19H3;2H2,1H3,(H2,4,5);2H,1H2,(H,4,5). The lowest BCUT2D eigenvalue weighted by molar-refractivity contribution is -0.131. The van der Waals surface area contributed by atoms with Crippen LogP contribution in [0, 0.1) is 0 Å². The molecule has 1 amide bonds. The van der Waals surface area contributed by atoms with Gasteiger partial charge in [0, 0.05) is 16.3 Å². The summed E-state index contributed by atoms with van der Waals surface area (Å²) in [5.41, 5.74) is 4.54. The lowest BCUT2D eigenvalue weighted by Gasteiger charge is -2.03. The van der Waals surface area contributed by atoms with Gasteiger partial charge in [-0.2, -0.15) is 0 Å². The van der Waals surface area contributed by atoms with E-state index in [9.17, 15) is 9.59 Å². The second kappa shape index (κ2) is 32.4. The lowest BCUT2D eigenvalue weighted by Crippen LogP contribution is -2.11. The van der Waals surface area contributed by atoms with Gasteiger partial charge in [-0.3, -0.25) is 0 Å². The Bertz CT molecular complexity index is 349. The van der Waals surface area contributed by atoms with Gasteiger partial charge >= 0.3 is 12.1 Å². The molecule has 0 spiro atoms. The minimum Gasteiger partial charge on any atom is -0.478 e. The summed E-state index contributed by atoms with van der Waals surface area (Å²) in [6, 6.07) is 1.51. The van der Waals surface area contributed by atoms with E-state index in [1.807, 2.05) is 0 Å². The summed E-state index contributed by atoms with van der Waals surface area (Å²) in [6.45, 7) is 7.31. The summed E-state index contributed by atoms with van der Waals surface area (Å²) >= 11 is 0. The van der Waals surface area contributed by atoms with Crippen LogP contribution in [0.25, 0.3) is 0 Å². The van der Waals surface area contributed by atoms with Crippen LogP contribution < -0.4 is 5.73 Å². The molecular weight excluding hydrogens is 394 g/mol. The maximum atomic E-state index is 9.60. The van der Waals surface area contributed by atoms with Crippen molar-refractivity contribution in [1.29, 1.82) is 0 Å². The summed E-state index contributed by atoms with van der Waals surface area (Å²) in [5.74, 6) is -0.981. The molecule has 0 heterocycles. The maximum absolute atomic E-state index is 9.60. The van der Waals surface area contributed by atoms with Crippen LogP contribution in [0.2, 0.25) is 6.04 Å². The van der Waals surface area contributed by atoms with E-state index in [-0.39, 0.29) is 0 Å². The fraction of sp³-hybridized carbons (Fsp3) is 0.833. The molecule has 0 bridgehead atoms. The van der Waals surface area contributed by atoms with Gasteiger partial charge in [0.1, 0.15) is 0 Å². The lowest BCUT2D eigenvalue weighted by atomic mass is 10.0. The molecule has 0 radical (unpaired) electrons. The molecule has 0 saturated carbocycles. The van der Waals surface area contributed by atoms with Crippen LogP contribution in [-0.4, -0.2) is 34.0 Å². The van der Waals surface area contributed by atoms with Crippen LogP contribution in [-0.2, 0) is 9.53 Å². The van der Waals surface area contributed by atoms with Crippen molar-refractivity contribution in [2.45, 2.75) is 123 Å². The average molecular weight is 446 g/mol. The summed E-state index contributed by atoms with van der Waals surface area (Å²) in [7, 11) is 1.41. The largest absolute Gasteiger partial charge is 0.478 e. The number of primary amides is 1. The predicted molar refractivity (Wildman–Crippen MR) is 133 cm³/mol. The number of aliphatic carboxylic acids is 1. The highest BCUT2D eigenvalue weighted by Gasteiger charge is 1.94. The molecule has 0 rings (SSSR count). The van der Waals surface area contributed by atoms with E-state index >= 15 is 0 Å². The number of carboxylic acids is 1. The van der Waals surface area contributed by atoms with Crippen LogP contribution in [0.4, 0.5) is 4.79 Å². The van der Waals surface area contributed by atoms with Gasteiger partial charge in [0.05, 0.1) is 6.61 Å². The number of carboxylic acid groups (broad SMARTS) is 1. The van der Waals surface area contributed by atoms with Crippen molar-refractivity contribution in [3.05, 3.63) is 12.7 Å². The molecule has 0 aromatic rings. The number of ether oxygens (including phenoxy) is 1. The molecular formula is C24H51NO4Si. The quantitative estimate of drug-likeness (QED) is 0.145. The highest BCUT2D eigenvalue weighted by molar-refractivity contribution is 6.08. The number of hydrogen-bond donors (Lipinski definition) is 2. The van der Waals surface area contributed by atoms with Gasteiger partial charge in [0.25, 0.3) is 0 Å². The number of unbranched alkanes of at least 4 members (excludes halogenated alkanes) is 15. The summed E-state index contributed by atoms with van der Waals surface area (Å²) in [4.78, 5) is 18.8. The molecule has 180 valence electrons. The number of carbonyl (C=O) groups is 2. The maximum Gasteiger partial charge on any atom is 0.404 e. The third-order valence-electron chi connectivity index (χ3n) is 4.67. The molecule has 30 heavy (non-hydrogen) atoms. The SMILES string of the molecule is C=CC(=O)O.CCCCCCCCCCCCCCCCCC[SiH3].CCOC(N)=O. The van der Waals surface area contributed by atoms with Gasteiger partial charge in [-0.25, -0.2) is 9.59 Å². The van der Waals surface area contributed by atoms with Crippen molar-refractivity contribution in [3.8, 4) is 0 Å². The second-order valence-electron chi connectivity index (χ2n) is 7.60. The van der Waals surface area contributed by atoms with Gasteiger partial charge < -0.3 is 15.6 Å². The third-order valence-corrected chi connectivity index (χ3v) is 5.38. The Kier molecular flexibility index (Phi) is 36.0. The van der Waals surface area contributed by atoms with E-state index in [0.29, 0.717) is 6.61 Å². The Labute approximate surface area is 189 Å². The molecule has 0 fully saturated rings. The first kappa shape index (κ1) is 33.3. The van der Waals surface area contributed by atoms with E-state index in [1.165, 1.54) is 119 Å². The molecule has 0 aliphatic heterocycles. The second-order valence-corrected chi connectivity index (χ2v) is 8.60. The minimum absolute atomic E-state index is 0.356. The minimum atomic E-state index is -0.981. The zero-order valence-electron chi connectivity index (χ0n) is 20.3. The van der Waals surface area contributed by atoms with Crippen molar-refractivity contribution < 1.29 is 19.4 Å². The monoisotopic (exact) mass is 445 g/mol. The van der Waals surface area contributed by atoms with Crippen molar-refractivity contribution in [2.75, 3.05) is 6.61 Å². The van der Waals surface area contributed by atoms with Crippen LogP contribution in [0.15, 0.2) is 12.7 Å². The number of rotatable bonds is 18. The Balaban J connectivity index is -0.000000541. The molecule has 3 N–H and O–H groups in total. The third kappa shape index (κ3) is 45.4. The van der Waals surface area contributed by atoms with Gasteiger partial charge in [-0.15, -0.1) is 0 Å². The van der Waals surface area contributed by atoms with Gasteiger partial charge in [-0.1, -0.05) is 122 Å². The molecule has 5 nitrogen and oxygen atoms in total. The first-order valence-electron chi connectivity index (χ1n) is 12.2. The summed E-state index contributed by atoms with van der Waals surface area (Å²) in [6.07, 6.45) is 23.8. The fourth-order valence-corrected chi connectivity index (χ4v) is 3.44. The number of amides is 1.